The molecule has 0 aromatic carbocycles. The summed E-state index contributed by atoms with van der Waals surface area (Å²) in [5, 5.41) is 0. The van der Waals surface area contributed by atoms with Crippen LogP contribution in [0.4, 0.5) is 0 Å². The van der Waals surface area contributed by atoms with Gasteiger partial charge in [-0.2, -0.15) is 0 Å². The number of rotatable bonds is 1. The predicted molar refractivity (Wildman–Crippen MR) is 55.4 cm³/mol. The summed E-state index contributed by atoms with van der Waals surface area (Å²) in [6, 6.07) is 0. The van der Waals surface area contributed by atoms with E-state index in [0.29, 0.717) is 0 Å². The van der Waals surface area contributed by atoms with Crippen molar-refractivity contribution in [3.8, 4) is 11.8 Å². The Bertz CT molecular complexity index is 268. The highest BCUT2D eigenvalue weighted by Gasteiger charge is 2.11. The molecule has 0 spiro atoms. The minimum Gasteiger partial charge on any atom is -0.366 e. The third-order valence-corrected chi connectivity index (χ3v) is 2.18. The monoisotopic (exact) mass is 179 g/mol. The van der Waals surface area contributed by atoms with Crippen molar-refractivity contribution in [2.75, 3.05) is 7.09 Å². The Morgan fingerprint density at radius 3 is 3.00 bits per heavy atom. The molecule has 0 bridgehead atoms. The van der Waals surface area contributed by atoms with Gasteiger partial charge in [0.1, 0.15) is 5.60 Å². The van der Waals surface area contributed by atoms with Crippen LogP contribution < -0.4 is 0 Å². The normalized spacial score (nSPS) is 18.3. The molecular formula is C12H18O. The molecule has 0 unspecified atom stereocenters. The van der Waals surface area contributed by atoms with Gasteiger partial charge in [-0.05, 0) is 45.1 Å². The fourth-order valence-electron chi connectivity index (χ4n) is 1.22. The molecule has 72 valence electrons. The van der Waals surface area contributed by atoms with Gasteiger partial charge in [0.25, 0.3) is 0 Å². The number of hydrogen-bond acceptors (Lipinski definition) is 1. The lowest BCUT2D eigenvalue weighted by Crippen LogP contribution is -2.19. The van der Waals surface area contributed by atoms with Crippen LogP contribution in [0.2, 0.25) is 0 Å². The summed E-state index contributed by atoms with van der Waals surface area (Å²) in [6.07, 6.45) is 7.01. The largest absolute Gasteiger partial charge is 0.366 e. The molecule has 1 rings (SSSR count). The summed E-state index contributed by atoms with van der Waals surface area (Å²) in [6.45, 7) is 3.80. The average Bonchev–Trinajstić information content (AvgIpc) is 2.17. The summed E-state index contributed by atoms with van der Waals surface area (Å²) in [5.74, 6) is 6.22. The van der Waals surface area contributed by atoms with Crippen LogP contribution in [0.15, 0.2) is 11.6 Å². The highest BCUT2D eigenvalue weighted by Crippen LogP contribution is 2.16. The summed E-state index contributed by atoms with van der Waals surface area (Å²) in [7, 11) is -0.0271. The van der Waals surface area contributed by atoms with Gasteiger partial charge in [0.05, 0.1) is 1.37 Å². The second kappa shape index (κ2) is 4.48. The molecule has 1 aliphatic rings. The lowest BCUT2D eigenvalue weighted by atomic mass is 9.99. The van der Waals surface area contributed by atoms with Gasteiger partial charge < -0.3 is 4.74 Å². The van der Waals surface area contributed by atoms with E-state index in [0.717, 1.165) is 12.8 Å². The van der Waals surface area contributed by atoms with E-state index in [-0.39, 0.29) is 7.09 Å². The molecule has 0 saturated heterocycles. The minimum absolute atomic E-state index is 0.0271. The first-order valence-corrected chi connectivity index (χ1v) is 4.79. The lowest BCUT2D eigenvalue weighted by Gasteiger charge is -2.15. The topological polar surface area (TPSA) is 9.23 Å². The van der Waals surface area contributed by atoms with Crippen LogP contribution in [0.3, 0.4) is 0 Å². The zero-order valence-electron chi connectivity index (χ0n) is 9.52. The lowest BCUT2D eigenvalue weighted by molar-refractivity contribution is 0.0741. The summed E-state index contributed by atoms with van der Waals surface area (Å²) >= 11 is 0. The number of hydrogen-bond donors (Lipinski definition) is 0. The molecule has 0 heterocycles. The number of allylic oxidation sites excluding steroid dienone is 2. The molecule has 0 N–H and O–H groups in total. The third kappa shape index (κ3) is 3.65. The van der Waals surface area contributed by atoms with E-state index >= 15 is 0 Å². The van der Waals surface area contributed by atoms with Crippen LogP contribution in [-0.4, -0.2) is 12.7 Å². The van der Waals surface area contributed by atoms with Crippen LogP contribution in [-0.2, 0) is 4.74 Å². The van der Waals surface area contributed by atoms with Crippen LogP contribution in [0, 0.1) is 11.8 Å². The molecule has 0 saturated carbocycles. The van der Waals surface area contributed by atoms with Crippen LogP contribution >= 0.6 is 0 Å². The average molecular weight is 179 g/mol. The SMILES string of the molecule is [2H]COC(C)(C)C#CC1=CCCCC1. The van der Waals surface area contributed by atoms with Gasteiger partial charge in [-0.25, -0.2) is 0 Å². The zero-order chi connectivity index (χ0) is 10.4. The Kier molecular flexibility index (Phi) is 3.05. The molecule has 0 fully saturated rings. The molecule has 1 heteroatoms. The highest BCUT2D eigenvalue weighted by atomic mass is 16.5. The van der Waals surface area contributed by atoms with E-state index in [4.69, 9.17) is 6.11 Å². The van der Waals surface area contributed by atoms with Gasteiger partial charge in [-0.3, -0.25) is 0 Å². The molecule has 0 radical (unpaired) electrons. The first-order valence-electron chi connectivity index (χ1n) is 5.50. The van der Waals surface area contributed by atoms with Crippen LogP contribution in [0.5, 0.6) is 0 Å². The summed E-state index contributed by atoms with van der Waals surface area (Å²) < 4.78 is 12.2. The van der Waals surface area contributed by atoms with Crippen LogP contribution in [0.25, 0.3) is 0 Å². The molecule has 13 heavy (non-hydrogen) atoms. The van der Waals surface area contributed by atoms with E-state index < -0.39 is 5.60 Å². The summed E-state index contributed by atoms with van der Waals surface area (Å²) in [4.78, 5) is 0. The molecule has 0 aliphatic heterocycles. The summed E-state index contributed by atoms with van der Waals surface area (Å²) in [5.41, 5.74) is 0.748. The van der Waals surface area contributed by atoms with Crippen molar-refractivity contribution in [3.63, 3.8) is 0 Å². The Morgan fingerprint density at radius 1 is 1.54 bits per heavy atom. The van der Waals surface area contributed by atoms with Gasteiger partial charge in [-0.15, -0.1) is 0 Å². The third-order valence-electron chi connectivity index (χ3n) is 2.18. The van der Waals surface area contributed by atoms with Crippen molar-refractivity contribution in [1.82, 2.24) is 0 Å². The quantitative estimate of drug-likeness (QED) is 0.562. The predicted octanol–water partition coefficient (Wildman–Crippen LogP) is 2.92. The maximum Gasteiger partial charge on any atom is 0.123 e. The maximum absolute atomic E-state index is 6.98. The van der Waals surface area contributed by atoms with E-state index in [1.807, 2.05) is 13.8 Å². The van der Waals surface area contributed by atoms with E-state index in [1.54, 1.807) is 0 Å². The van der Waals surface area contributed by atoms with Crippen molar-refractivity contribution in [3.05, 3.63) is 11.6 Å². The molecule has 0 aromatic rings. The Balaban J connectivity index is 2.56. The maximum atomic E-state index is 6.98. The van der Waals surface area contributed by atoms with Crippen molar-refractivity contribution >= 4 is 0 Å². The minimum atomic E-state index is -0.486. The van der Waals surface area contributed by atoms with Gasteiger partial charge >= 0.3 is 0 Å². The molecule has 0 aromatic heterocycles. The Labute approximate surface area is 82.6 Å². The van der Waals surface area contributed by atoms with Gasteiger partial charge in [0, 0.05) is 7.09 Å². The first-order chi connectivity index (χ1) is 6.64. The smallest absolute Gasteiger partial charge is 0.123 e. The Hall–Kier alpha value is -0.740. The van der Waals surface area contributed by atoms with E-state index in [1.165, 1.54) is 18.4 Å². The molecule has 0 atom stereocenters. The van der Waals surface area contributed by atoms with Gasteiger partial charge in [0.15, 0.2) is 0 Å². The zero-order valence-corrected chi connectivity index (χ0v) is 8.52. The van der Waals surface area contributed by atoms with Crippen molar-refractivity contribution in [2.24, 2.45) is 0 Å². The molecule has 1 nitrogen and oxygen atoms in total. The van der Waals surface area contributed by atoms with Gasteiger partial charge in [0.2, 0.25) is 0 Å². The number of methoxy groups -OCH3 is 1. The van der Waals surface area contributed by atoms with E-state index in [2.05, 4.69) is 17.9 Å². The number of ether oxygens (including phenoxy) is 1. The molecule has 0 amide bonds. The second-order valence-electron chi connectivity index (χ2n) is 3.88. The van der Waals surface area contributed by atoms with E-state index in [9.17, 15) is 0 Å². The highest BCUT2D eigenvalue weighted by molar-refractivity contribution is 5.32. The van der Waals surface area contributed by atoms with Crippen molar-refractivity contribution in [2.45, 2.75) is 45.1 Å². The fraction of sp³-hybridized carbons (Fsp3) is 0.667. The first kappa shape index (κ1) is 8.84. The van der Waals surface area contributed by atoms with Gasteiger partial charge in [-0.1, -0.05) is 17.9 Å². The second-order valence-corrected chi connectivity index (χ2v) is 3.88. The van der Waals surface area contributed by atoms with Crippen LogP contribution in [0.1, 0.15) is 40.9 Å². The standard InChI is InChI=1S/C12H18O/c1-12(2,13-3)10-9-11-7-5-4-6-8-11/h7H,4-6,8H2,1-3H3/i3D. The van der Waals surface area contributed by atoms with Crippen molar-refractivity contribution in [1.29, 1.82) is 0 Å². The fourth-order valence-corrected chi connectivity index (χ4v) is 1.22. The molecule has 1 aliphatic carbocycles. The Morgan fingerprint density at radius 2 is 2.38 bits per heavy atom. The van der Waals surface area contributed by atoms with Crippen molar-refractivity contribution < 1.29 is 6.11 Å². The molecular weight excluding hydrogens is 160 g/mol.